The van der Waals surface area contributed by atoms with Crippen LogP contribution in [0.15, 0.2) is 47.4 Å². The molecular weight excluding hydrogens is 338 g/mol. The summed E-state index contributed by atoms with van der Waals surface area (Å²) in [5.41, 5.74) is 3.77. The molecule has 6 heteroatoms. The van der Waals surface area contributed by atoms with Crippen LogP contribution in [0.3, 0.4) is 0 Å². The second kappa shape index (κ2) is 7.37. The Bertz CT molecular complexity index is 853. The number of rotatable bonds is 6. The maximum Gasteiger partial charge on any atom is 0.322 e. The van der Waals surface area contributed by atoms with Crippen LogP contribution in [0, 0.1) is 20.8 Å². The summed E-state index contributed by atoms with van der Waals surface area (Å²) in [6, 6.07) is 11.0. The highest BCUT2D eigenvalue weighted by Crippen LogP contribution is 2.20. The van der Waals surface area contributed by atoms with E-state index in [-0.39, 0.29) is 11.3 Å². The summed E-state index contributed by atoms with van der Waals surface area (Å²) in [4.78, 5) is 11.8. The Hall–Kier alpha value is -2.18. The average molecular weight is 361 g/mol. The molecule has 0 radical (unpaired) electrons. The molecule has 2 aromatic rings. The quantitative estimate of drug-likeness (QED) is 0.858. The van der Waals surface area contributed by atoms with Crippen LogP contribution < -0.4 is 0 Å². The molecule has 1 atom stereocenters. The fraction of sp³-hybridized carbons (Fsp3) is 0.316. The van der Waals surface area contributed by atoms with Gasteiger partial charge in [-0.15, -0.1) is 0 Å². The van der Waals surface area contributed by atoms with Crippen molar-refractivity contribution in [2.75, 3.05) is 7.05 Å². The van der Waals surface area contributed by atoms with E-state index in [4.69, 9.17) is 0 Å². The second-order valence-corrected chi connectivity index (χ2v) is 8.39. The first-order valence-corrected chi connectivity index (χ1v) is 9.40. The number of benzene rings is 2. The highest BCUT2D eigenvalue weighted by molar-refractivity contribution is 7.89. The van der Waals surface area contributed by atoms with Gasteiger partial charge in [0.15, 0.2) is 0 Å². The Kier molecular flexibility index (Phi) is 5.65. The van der Waals surface area contributed by atoms with Crippen LogP contribution in [-0.2, 0) is 21.2 Å². The van der Waals surface area contributed by atoms with E-state index in [1.807, 2.05) is 39.0 Å². The molecule has 0 fully saturated rings. The van der Waals surface area contributed by atoms with Gasteiger partial charge in [0.05, 0.1) is 4.90 Å². The number of nitrogens with zero attached hydrogens (tertiary/aromatic N) is 1. The number of carboxylic acids is 1. The second-order valence-electron chi connectivity index (χ2n) is 6.39. The van der Waals surface area contributed by atoms with Gasteiger partial charge in [-0.05, 0) is 44.9 Å². The first kappa shape index (κ1) is 19.1. The maximum absolute atomic E-state index is 12.8. The van der Waals surface area contributed by atoms with Gasteiger partial charge in [-0.1, -0.05) is 47.0 Å². The number of carbonyl (C=O) groups is 1. The van der Waals surface area contributed by atoms with Crippen molar-refractivity contribution in [1.29, 1.82) is 0 Å². The lowest BCUT2D eigenvalue weighted by atomic mass is 10.0. The maximum atomic E-state index is 12.8. The molecule has 0 amide bonds. The minimum atomic E-state index is -3.89. The summed E-state index contributed by atoms with van der Waals surface area (Å²) in [7, 11) is -2.57. The van der Waals surface area contributed by atoms with E-state index in [1.165, 1.54) is 19.2 Å². The molecule has 25 heavy (non-hydrogen) atoms. The van der Waals surface area contributed by atoms with E-state index in [1.54, 1.807) is 12.1 Å². The van der Waals surface area contributed by atoms with E-state index in [0.29, 0.717) is 0 Å². The van der Waals surface area contributed by atoms with E-state index < -0.39 is 22.0 Å². The number of sulfonamides is 1. The largest absolute Gasteiger partial charge is 0.480 e. The third-order valence-electron chi connectivity index (χ3n) is 4.13. The summed E-state index contributed by atoms with van der Waals surface area (Å²) in [5.74, 6) is -1.17. The van der Waals surface area contributed by atoms with Crippen molar-refractivity contribution in [3.8, 4) is 0 Å². The van der Waals surface area contributed by atoms with Crippen LogP contribution in [0.2, 0.25) is 0 Å². The molecule has 0 aromatic heterocycles. The summed E-state index contributed by atoms with van der Waals surface area (Å²) < 4.78 is 26.5. The molecule has 0 aliphatic carbocycles. The third kappa shape index (κ3) is 4.46. The lowest BCUT2D eigenvalue weighted by Crippen LogP contribution is -2.43. The Morgan fingerprint density at radius 1 is 1.00 bits per heavy atom. The summed E-state index contributed by atoms with van der Waals surface area (Å²) in [6.45, 7) is 5.72. The Balaban J connectivity index is 2.35. The van der Waals surface area contributed by atoms with Gasteiger partial charge >= 0.3 is 5.97 Å². The molecule has 5 nitrogen and oxygen atoms in total. The minimum absolute atomic E-state index is 0.0901. The molecule has 0 aliphatic rings. The zero-order valence-corrected chi connectivity index (χ0v) is 15.7. The van der Waals surface area contributed by atoms with Crippen LogP contribution in [-0.4, -0.2) is 36.9 Å². The van der Waals surface area contributed by atoms with Gasteiger partial charge in [0.1, 0.15) is 6.04 Å². The normalized spacial score (nSPS) is 13.0. The highest BCUT2D eigenvalue weighted by Gasteiger charge is 2.33. The van der Waals surface area contributed by atoms with E-state index in [2.05, 4.69) is 0 Å². The molecule has 0 bridgehead atoms. The van der Waals surface area contributed by atoms with Crippen LogP contribution in [0.4, 0.5) is 0 Å². The van der Waals surface area contributed by atoms with E-state index in [0.717, 1.165) is 26.6 Å². The van der Waals surface area contributed by atoms with Crippen LogP contribution in [0.25, 0.3) is 0 Å². The van der Waals surface area contributed by atoms with Gasteiger partial charge in [0.2, 0.25) is 10.0 Å². The van der Waals surface area contributed by atoms with Gasteiger partial charge in [0, 0.05) is 7.05 Å². The summed E-state index contributed by atoms with van der Waals surface area (Å²) in [6.07, 6.45) is 0.111. The van der Waals surface area contributed by atoms with Crippen molar-refractivity contribution in [1.82, 2.24) is 4.31 Å². The minimum Gasteiger partial charge on any atom is -0.480 e. The standard InChI is InChI=1S/C19H23NO4S/c1-13-5-7-17(8-6-13)25(23,24)20(4)18(19(21)22)12-16-10-14(2)9-15(3)11-16/h5-11,18H,12H2,1-4H3,(H,21,22)/t18-/m0/s1. The summed E-state index contributed by atoms with van der Waals surface area (Å²) >= 11 is 0. The molecule has 0 aliphatic heterocycles. The predicted octanol–water partition coefficient (Wildman–Crippen LogP) is 2.93. The molecule has 0 spiro atoms. The van der Waals surface area contributed by atoms with E-state index in [9.17, 15) is 18.3 Å². The van der Waals surface area contributed by atoms with Gasteiger partial charge < -0.3 is 5.11 Å². The van der Waals surface area contributed by atoms with Gasteiger partial charge in [-0.25, -0.2) is 8.42 Å². The molecule has 0 heterocycles. The number of aliphatic carboxylic acids is 1. The fourth-order valence-corrected chi connectivity index (χ4v) is 4.14. The van der Waals surface area contributed by atoms with Crippen LogP contribution in [0.5, 0.6) is 0 Å². The lowest BCUT2D eigenvalue weighted by molar-refractivity contribution is -0.141. The van der Waals surface area contributed by atoms with Gasteiger partial charge in [-0.2, -0.15) is 4.31 Å². The Labute approximate surface area is 149 Å². The zero-order chi connectivity index (χ0) is 18.8. The first-order valence-electron chi connectivity index (χ1n) is 7.96. The molecular formula is C19H23NO4S. The van der Waals surface area contributed by atoms with Gasteiger partial charge in [-0.3, -0.25) is 4.79 Å². The number of likely N-dealkylation sites (N-methyl/N-ethyl adjacent to an activating group) is 1. The van der Waals surface area contributed by atoms with Crippen molar-refractivity contribution in [3.63, 3.8) is 0 Å². The van der Waals surface area contributed by atoms with Crippen LogP contribution in [0.1, 0.15) is 22.3 Å². The van der Waals surface area contributed by atoms with Crippen molar-refractivity contribution >= 4 is 16.0 Å². The number of hydrogen-bond acceptors (Lipinski definition) is 3. The number of carboxylic acid groups (broad SMARTS) is 1. The molecule has 0 saturated carbocycles. The molecule has 1 N–H and O–H groups in total. The first-order chi connectivity index (χ1) is 11.6. The molecule has 2 rings (SSSR count). The molecule has 134 valence electrons. The van der Waals surface area contributed by atoms with Crippen molar-refractivity contribution in [2.45, 2.75) is 38.1 Å². The van der Waals surface area contributed by atoms with Gasteiger partial charge in [0.25, 0.3) is 0 Å². The van der Waals surface area contributed by atoms with Crippen LogP contribution >= 0.6 is 0 Å². The lowest BCUT2D eigenvalue weighted by Gasteiger charge is -2.24. The third-order valence-corrected chi connectivity index (χ3v) is 6.01. The number of aryl methyl sites for hydroxylation is 3. The molecule has 0 saturated heterocycles. The molecule has 0 unspecified atom stereocenters. The average Bonchev–Trinajstić information content (AvgIpc) is 2.51. The fourth-order valence-electron chi connectivity index (χ4n) is 2.83. The predicted molar refractivity (Wildman–Crippen MR) is 97.2 cm³/mol. The SMILES string of the molecule is Cc1ccc(S(=O)(=O)N(C)[C@@H](Cc2cc(C)cc(C)c2)C(=O)O)cc1. The monoisotopic (exact) mass is 361 g/mol. The topological polar surface area (TPSA) is 74.7 Å². The van der Waals surface area contributed by atoms with Crippen molar-refractivity contribution < 1.29 is 18.3 Å². The zero-order valence-electron chi connectivity index (χ0n) is 14.9. The highest BCUT2D eigenvalue weighted by atomic mass is 32.2. The Morgan fingerprint density at radius 2 is 1.52 bits per heavy atom. The Morgan fingerprint density at radius 3 is 2.00 bits per heavy atom. The van der Waals surface area contributed by atoms with Crippen molar-refractivity contribution in [2.24, 2.45) is 0 Å². The molecule has 2 aromatic carbocycles. The van der Waals surface area contributed by atoms with E-state index >= 15 is 0 Å². The number of hydrogen-bond donors (Lipinski definition) is 1. The van der Waals surface area contributed by atoms with Crippen molar-refractivity contribution in [3.05, 3.63) is 64.7 Å². The summed E-state index contributed by atoms with van der Waals surface area (Å²) in [5, 5.41) is 9.59. The smallest absolute Gasteiger partial charge is 0.322 e.